The fourth-order valence-electron chi connectivity index (χ4n) is 5.21. The number of carbonyl (C=O) groups excluding carboxylic acids is 2. The van der Waals surface area contributed by atoms with Gasteiger partial charge in [-0.15, -0.1) is 12.4 Å². The van der Waals surface area contributed by atoms with E-state index in [0.717, 1.165) is 29.5 Å². The number of halogens is 1. The lowest BCUT2D eigenvalue weighted by Gasteiger charge is -2.26. The quantitative estimate of drug-likeness (QED) is 0.0682. The van der Waals surface area contributed by atoms with Crippen molar-refractivity contribution in [2.75, 3.05) is 31.3 Å². The van der Waals surface area contributed by atoms with E-state index in [1.54, 1.807) is 31.3 Å². The van der Waals surface area contributed by atoms with Crippen LogP contribution in [-0.4, -0.2) is 67.0 Å². The molecular formula is C32H45ClN6O5S3. The number of esters is 1. The highest BCUT2D eigenvalue weighted by molar-refractivity contribution is 7.99. The molecule has 2 atom stereocenters. The molecule has 3 N–H and O–H groups in total. The second-order valence-electron chi connectivity index (χ2n) is 11.4. The van der Waals surface area contributed by atoms with Gasteiger partial charge in [0.25, 0.3) is 0 Å². The van der Waals surface area contributed by atoms with Crippen LogP contribution in [0.5, 0.6) is 0 Å². The molecular weight excluding hydrogens is 680 g/mol. The Morgan fingerprint density at radius 1 is 1.11 bits per heavy atom. The molecule has 1 heterocycles. The number of hydrogen-bond donors (Lipinski definition) is 4. The van der Waals surface area contributed by atoms with Gasteiger partial charge in [0, 0.05) is 59.0 Å². The van der Waals surface area contributed by atoms with E-state index in [4.69, 9.17) is 10.5 Å². The van der Waals surface area contributed by atoms with Crippen molar-refractivity contribution in [1.82, 2.24) is 19.6 Å². The van der Waals surface area contributed by atoms with Crippen molar-refractivity contribution in [3.63, 3.8) is 0 Å². The van der Waals surface area contributed by atoms with Crippen LogP contribution in [0.3, 0.4) is 0 Å². The number of nitrogens with two attached hydrogens (primary N) is 1. The normalized spacial score (nSPS) is 13.4. The number of hydrogen-bond acceptors (Lipinski definition) is 11. The van der Waals surface area contributed by atoms with Crippen LogP contribution in [0.15, 0.2) is 58.8 Å². The van der Waals surface area contributed by atoms with E-state index >= 15 is 0 Å². The second-order valence-corrected chi connectivity index (χ2v) is 14.8. The smallest absolute Gasteiger partial charge is 0.323 e. The number of ether oxygens (including phenoxy) is 1. The number of nitrogen functional groups attached to an aromatic ring is 1. The summed E-state index contributed by atoms with van der Waals surface area (Å²) in [6, 6.07) is 9.35. The van der Waals surface area contributed by atoms with Crippen molar-refractivity contribution < 1.29 is 22.7 Å². The van der Waals surface area contributed by atoms with Crippen LogP contribution in [0.1, 0.15) is 51.4 Å². The molecule has 0 saturated carbocycles. The van der Waals surface area contributed by atoms with Crippen molar-refractivity contribution in [3.8, 4) is 0 Å². The third kappa shape index (κ3) is 10.7. The first-order valence-corrected chi connectivity index (χ1v) is 17.4. The number of benzene rings is 2. The number of aromatic nitrogens is 2. The van der Waals surface area contributed by atoms with Gasteiger partial charge in [0.1, 0.15) is 17.7 Å². The molecule has 0 aliphatic heterocycles. The number of nitrogens with zero attached hydrogens (tertiary/aromatic N) is 4. The molecule has 0 radical (unpaired) electrons. The number of fused-ring (bicyclic) bond motifs is 1. The maximum absolute atomic E-state index is 13.4. The molecule has 0 aliphatic rings. The average molecular weight is 725 g/mol. The Morgan fingerprint density at radius 2 is 1.77 bits per heavy atom. The molecule has 0 spiro atoms. The standard InChI is InChI=1S/C32H44N6O5S3.ClH/c1-20(13-14-30(44)45)25(22(3)38(19-39)18-24-17-34-23(4)35-31(24)33)15-16-43-32(40)21(2)36-46(41,42)29-12-8-9-26-27(29)10-7-11-28(26)37(5)6;/h7-12,17,19-21,30,36,44-45H,13-16,18H2,1-6H3,(H2,33,34,35);1H. The Morgan fingerprint density at radius 3 is 2.38 bits per heavy atom. The Kier molecular flexibility index (Phi) is 15.3. The molecule has 15 heteroatoms. The number of allylic oxidation sites excluding steroid dienone is 1. The van der Waals surface area contributed by atoms with E-state index in [9.17, 15) is 18.0 Å². The van der Waals surface area contributed by atoms with Gasteiger partial charge >= 0.3 is 5.97 Å². The number of sulfonamides is 1. The molecule has 0 fully saturated rings. The van der Waals surface area contributed by atoms with E-state index in [1.165, 1.54) is 17.9 Å². The molecule has 0 bridgehead atoms. The predicted octanol–water partition coefficient (Wildman–Crippen LogP) is 5.14. The molecule has 11 nitrogen and oxygen atoms in total. The zero-order valence-corrected chi connectivity index (χ0v) is 30.9. The summed E-state index contributed by atoms with van der Waals surface area (Å²) in [5.74, 6) is 0.109. The number of rotatable bonds is 16. The minimum Gasteiger partial charge on any atom is -0.464 e. The van der Waals surface area contributed by atoms with Crippen molar-refractivity contribution in [2.45, 2.75) is 69.0 Å². The largest absolute Gasteiger partial charge is 0.464 e. The number of thiol groups is 2. The molecule has 0 aliphatic carbocycles. The number of nitrogens with one attached hydrogen (secondary N) is 1. The van der Waals surface area contributed by atoms with Crippen molar-refractivity contribution in [2.24, 2.45) is 5.92 Å². The number of anilines is 2. The van der Waals surface area contributed by atoms with Crippen LogP contribution < -0.4 is 15.4 Å². The highest BCUT2D eigenvalue weighted by Gasteiger charge is 2.26. The molecule has 3 rings (SSSR count). The zero-order chi connectivity index (χ0) is 34.2. The third-order valence-corrected chi connectivity index (χ3v) is 9.88. The lowest BCUT2D eigenvalue weighted by atomic mass is 9.92. The Hall–Kier alpha value is -3.04. The Balaban J connectivity index is 0.00000768. The van der Waals surface area contributed by atoms with Gasteiger partial charge in [0.05, 0.1) is 18.0 Å². The van der Waals surface area contributed by atoms with Crippen molar-refractivity contribution >= 4 is 82.3 Å². The van der Waals surface area contributed by atoms with Crippen molar-refractivity contribution in [1.29, 1.82) is 0 Å². The highest BCUT2D eigenvalue weighted by atomic mass is 35.5. The summed E-state index contributed by atoms with van der Waals surface area (Å²) in [6.07, 6.45) is 4.09. The summed E-state index contributed by atoms with van der Waals surface area (Å²) in [7, 11) is -0.293. The average Bonchev–Trinajstić information content (AvgIpc) is 3.00. The Bertz CT molecular complexity index is 1690. The van der Waals surface area contributed by atoms with Gasteiger partial charge in [0.2, 0.25) is 16.4 Å². The van der Waals surface area contributed by atoms with Gasteiger partial charge in [-0.2, -0.15) is 30.0 Å². The number of carbonyl (C=O) groups is 2. The molecule has 47 heavy (non-hydrogen) atoms. The van der Waals surface area contributed by atoms with Crippen LogP contribution in [0.4, 0.5) is 11.5 Å². The van der Waals surface area contributed by atoms with Crippen LogP contribution in [0.25, 0.3) is 10.8 Å². The number of aryl methyl sites for hydroxylation is 1. The Labute approximate surface area is 295 Å². The minimum atomic E-state index is -4.07. The summed E-state index contributed by atoms with van der Waals surface area (Å²) in [4.78, 5) is 37.1. The van der Waals surface area contributed by atoms with E-state index in [1.807, 2.05) is 45.0 Å². The summed E-state index contributed by atoms with van der Waals surface area (Å²) in [5.41, 5.74) is 9.14. The van der Waals surface area contributed by atoms with E-state index in [2.05, 4.69) is 39.9 Å². The zero-order valence-electron chi connectivity index (χ0n) is 27.5. The fourth-order valence-corrected chi connectivity index (χ4v) is 6.93. The molecule has 258 valence electrons. The predicted molar refractivity (Wildman–Crippen MR) is 197 cm³/mol. The second kappa shape index (κ2) is 17.9. The topological polar surface area (TPSA) is 148 Å². The van der Waals surface area contributed by atoms with Crippen molar-refractivity contribution in [3.05, 3.63) is 65.3 Å². The summed E-state index contributed by atoms with van der Waals surface area (Å²) in [5, 5.41) is 1.32. The van der Waals surface area contributed by atoms with Crippen LogP contribution in [0.2, 0.25) is 0 Å². The molecule has 0 saturated heterocycles. The molecule has 2 aromatic carbocycles. The van der Waals surface area contributed by atoms with Gasteiger partial charge in [-0.05, 0) is 57.2 Å². The fraction of sp³-hybridized carbons (Fsp3) is 0.438. The highest BCUT2D eigenvalue weighted by Crippen LogP contribution is 2.31. The van der Waals surface area contributed by atoms with Gasteiger partial charge in [-0.3, -0.25) is 9.59 Å². The van der Waals surface area contributed by atoms with E-state index < -0.39 is 22.0 Å². The lowest BCUT2D eigenvalue weighted by molar-refractivity contribution is -0.145. The van der Waals surface area contributed by atoms with Gasteiger partial charge < -0.3 is 20.3 Å². The molecule has 3 aromatic rings. The van der Waals surface area contributed by atoms with Gasteiger partial charge in [0.15, 0.2) is 0 Å². The summed E-state index contributed by atoms with van der Waals surface area (Å²) < 4.78 is 34.8. The maximum Gasteiger partial charge on any atom is 0.323 e. The molecule has 2 unspecified atom stereocenters. The number of amides is 1. The lowest BCUT2D eigenvalue weighted by Crippen LogP contribution is -2.39. The van der Waals surface area contributed by atoms with Crippen LogP contribution in [-0.2, 0) is 30.9 Å². The molecule has 1 aromatic heterocycles. The first-order valence-electron chi connectivity index (χ1n) is 14.9. The third-order valence-electron chi connectivity index (χ3n) is 7.77. The molecule has 1 amide bonds. The SMILES string of the molecule is CC(=C(CCOC(=O)C(C)NS(=O)(=O)c1cccc2c(N(C)C)cccc12)C(C)CCC(S)S)N(C=O)Cc1cnc(C)nc1N.Cl. The van der Waals surface area contributed by atoms with Gasteiger partial charge in [-0.1, -0.05) is 31.2 Å². The van der Waals surface area contributed by atoms with Crippen LogP contribution >= 0.6 is 37.7 Å². The first-order chi connectivity index (χ1) is 21.7. The van der Waals surface area contributed by atoms with Crippen LogP contribution in [0, 0.1) is 12.8 Å². The van der Waals surface area contributed by atoms with Gasteiger partial charge in [-0.25, -0.2) is 18.4 Å². The monoisotopic (exact) mass is 724 g/mol. The van der Waals surface area contributed by atoms with E-state index in [-0.39, 0.29) is 41.0 Å². The summed E-state index contributed by atoms with van der Waals surface area (Å²) >= 11 is 8.76. The summed E-state index contributed by atoms with van der Waals surface area (Å²) in [6.45, 7) is 7.19. The first kappa shape index (κ1) is 40.1. The van der Waals surface area contributed by atoms with E-state index in [0.29, 0.717) is 41.1 Å². The minimum absolute atomic E-state index is 0. The maximum atomic E-state index is 13.4.